The SMILES string of the molecule is CC/C=C\C/C=C\C/C=C\C/C=C\C/C=C\CC(CC(=O)NC(CO)C(O)CCCCCCCCCCCCC)OC(=O)CCCCCCC/C=C\CCC. The second-order valence-electron chi connectivity index (χ2n) is 15.1. The molecule has 0 saturated heterocycles. The molecule has 3 unspecified atom stereocenters. The van der Waals surface area contributed by atoms with Crippen LogP contribution in [0, 0.1) is 0 Å². The molecule has 1 amide bonds. The van der Waals surface area contributed by atoms with E-state index in [9.17, 15) is 19.8 Å². The standard InChI is InChI=1S/C49H85NO5/c1-4-7-10-13-16-19-22-23-24-25-27-28-31-34-37-40-45(55-49(54)42-39-36-33-30-21-18-15-12-9-6-3)43-48(53)50-46(44-51)47(52)41-38-35-32-29-26-20-17-14-11-8-5-2/h7,10,12,15-16,19,23-24,27-28,34,37,45-47,51-52H,4-6,8-9,11,13-14,17-18,20-22,25-26,29-33,35-36,38-44H2,1-3H3,(H,50,53)/b10-7-,15-12-,19-16-,24-23-,28-27-,37-34-. The quantitative estimate of drug-likeness (QED) is 0.0329. The van der Waals surface area contributed by atoms with Crippen LogP contribution in [0.3, 0.4) is 0 Å². The lowest BCUT2D eigenvalue weighted by molar-refractivity contribution is -0.150. The largest absolute Gasteiger partial charge is 0.461 e. The summed E-state index contributed by atoms with van der Waals surface area (Å²) < 4.78 is 5.82. The molecule has 6 nitrogen and oxygen atoms in total. The van der Waals surface area contributed by atoms with Crippen LogP contribution < -0.4 is 5.32 Å². The maximum absolute atomic E-state index is 13.1. The first-order valence-corrected chi connectivity index (χ1v) is 22.7. The number of nitrogens with one attached hydrogen (secondary N) is 1. The van der Waals surface area contributed by atoms with E-state index in [0.29, 0.717) is 19.3 Å². The van der Waals surface area contributed by atoms with Crippen LogP contribution in [0.25, 0.3) is 0 Å². The summed E-state index contributed by atoms with van der Waals surface area (Å²) in [7, 11) is 0. The Labute approximate surface area is 339 Å². The molecule has 0 aliphatic carbocycles. The predicted octanol–water partition coefficient (Wildman–Crippen LogP) is 13.1. The highest BCUT2D eigenvalue weighted by Crippen LogP contribution is 2.15. The fraction of sp³-hybridized carbons (Fsp3) is 0.714. The van der Waals surface area contributed by atoms with Gasteiger partial charge in [0.05, 0.1) is 25.2 Å². The predicted molar refractivity (Wildman–Crippen MR) is 236 cm³/mol. The van der Waals surface area contributed by atoms with Gasteiger partial charge in [0.15, 0.2) is 0 Å². The van der Waals surface area contributed by atoms with Crippen molar-refractivity contribution >= 4 is 11.9 Å². The Morgan fingerprint density at radius 3 is 1.60 bits per heavy atom. The number of carbonyl (C=O) groups excluding carboxylic acids is 2. The van der Waals surface area contributed by atoms with Gasteiger partial charge in [-0.3, -0.25) is 9.59 Å². The van der Waals surface area contributed by atoms with Crippen LogP contribution in [0.1, 0.15) is 201 Å². The number of rotatable bonds is 39. The molecule has 3 atom stereocenters. The zero-order valence-electron chi connectivity index (χ0n) is 35.8. The minimum atomic E-state index is -0.813. The van der Waals surface area contributed by atoms with Gasteiger partial charge in [-0.25, -0.2) is 0 Å². The summed E-state index contributed by atoms with van der Waals surface area (Å²) >= 11 is 0. The molecule has 0 aromatic heterocycles. The number of hydrogen-bond acceptors (Lipinski definition) is 5. The maximum atomic E-state index is 13.1. The van der Waals surface area contributed by atoms with E-state index in [-0.39, 0.29) is 24.9 Å². The fourth-order valence-electron chi connectivity index (χ4n) is 6.34. The van der Waals surface area contributed by atoms with E-state index in [4.69, 9.17) is 4.74 Å². The molecule has 6 heteroatoms. The summed E-state index contributed by atoms with van der Waals surface area (Å²) in [6.45, 7) is 6.25. The summed E-state index contributed by atoms with van der Waals surface area (Å²) in [5.41, 5.74) is 0. The van der Waals surface area contributed by atoms with Gasteiger partial charge in [0.1, 0.15) is 6.10 Å². The molecule has 3 N–H and O–H groups in total. The van der Waals surface area contributed by atoms with E-state index < -0.39 is 18.2 Å². The van der Waals surface area contributed by atoms with E-state index in [1.807, 2.05) is 12.2 Å². The summed E-state index contributed by atoms with van der Waals surface area (Å²) in [6.07, 6.45) is 52.6. The van der Waals surface area contributed by atoms with Gasteiger partial charge >= 0.3 is 5.97 Å². The van der Waals surface area contributed by atoms with Gasteiger partial charge in [0.25, 0.3) is 0 Å². The molecule has 0 aliphatic heterocycles. The molecule has 0 bridgehead atoms. The summed E-state index contributed by atoms with van der Waals surface area (Å²) in [5, 5.41) is 23.6. The maximum Gasteiger partial charge on any atom is 0.306 e. The summed E-state index contributed by atoms with van der Waals surface area (Å²) in [5.74, 6) is -0.599. The lowest BCUT2D eigenvalue weighted by Gasteiger charge is -2.24. The molecule has 0 aromatic carbocycles. The zero-order chi connectivity index (χ0) is 40.3. The van der Waals surface area contributed by atoms with Crippen molar-refractivity contribution in [1.82, 2.24) is 5.32 Å². The van der Waals surface area contributed by atoms with Crippen LogP contribution in [-0.2, 0) is 14.3 Å². The first kappa shape index (κ1) is 52.3. The van der Waals surface area contributed by atoms with Crippen LogP contribution >= 0.6 is 0 Å². The number of carbonyl (C=O) groups is 2. The Morgan fingerprint density at radius 2 is 1.05 bits per heavy atom. The van der Waals surface area contributed by atoms with E-state index in [2.05, 4.69) is 86.8 Å². The van der Waals surface area contributed by atoms with Gasteiger partial charge in [-0.1, -0.05) is 190 Å². The van der Waals surface area contributed by atoms with Crippen LogP contribution in [0.4, 0.5) is 0 Å². The Bertz CT molecular complexity index is 1040. The zero-order valence-corrected chi connectivity index (χ0v) is 35.8. The van der Waals surface area contributed by atoms with Crippen LogP contribution in [-0.4, -0.2) is 46.9 Å². The average Bonchev–Trinajstić information content (AvgIpc) is 3.18. The first-order chi connectivity index (χ1) is 27.0. The van der Waals surface area contributed by atoms with Gasteiger partial charge in [-0.2, -0.15) is 0 Å². The van der Waals surface area contributed by atoms with Gasteiger partial charge in [0.2, 0.25) is 5.91 Å². The summed E-state index contributed by atoms with van der Waals surface area (Å²) in [6, 6.07) is -0.734. The highest BCUT2D eigenvalue weighted by Gasteiger charge is 2.23. The van der Waals surface area contributed by atoms with Crippen molar-refractivity contribution in [2.45, 2.75) is 219 Å². The van der Waals surface area contributed by atoms with Crippen molar-refractivity contribution in [1.29, 1.82) is 0 Å². The molecule has 0 rings (SSSR count). The van der Waals surface area contributed by atoms with Crippen LogP contribution in [0.5, 0.6) is 0 Å². The number of aliphatic hydroxyl groups is 2. The third-order valence-electron chi connectivity index (χ3n) is 9.75. The molecule has 0 aromatic rings. The third-order valence-corrected chi connectivity index (χ3v) is 9.75. The number of esters is 1. The molecule has 55 heavy (non-hydrogen) atoms. The van der Waals surface area contributed by atoms with Gasteiger partial charge in [-0.05, 0) is 64.2 Å². The molecule has 0 radical (unpaired) electrons. The molecular weight excluding hydrogens is 683 g/mol. The van der Waals surface area contributed by atoms with Crippen molar-refractivity contribution < 1.29 is 24.5 Å². The number of amides is 1. The van der Waals surface area contributed by atoms with Crippen molar-refractivity contribution in [2.75, 3.05) is 6.61 Å². The van der Waals surface area contributed by atoms with Crippen molar-refractivity contribution in [2.24, 2.45) is 0 Å². The van der Waals surface area contributed by atoms with Crippen molar-refractivity contribution in [3.63, 3.8) is 0 Å². The Kier molecular flexibility index (Phi) is 40.4. The van der Waals surface area contributed by atoms with E-state index >= 15 is 0 Å². The smallest absolute Gasteiger partial charge is 0.306 e. The average molecular weight is 768 g/mol. The lowest BCUT2D eigenvalue weighted by Crippen LogP contribution is -2.46. The normalized spacial score (nSPS) is 14.1. The molecule has 0 aliphatic rings. The molecule has 0 spiro atoms. The van der Waals surface area contributed by atoms with E-state index in [1.54, 1.807) is 0 Å². The Morgan fingerprint density at radius 1 is 0.564 bits per heavy atom. The van der Waals surface area contributed by atoms with E-state index in [1.165, 1.54) is 64.2 Å². The second kappa shape index (κ2) is 42.4. The topological polar surface area (TPSA) is 95.9 Å². The highest BCUT2D eigenvalue weighted by molar-refractivity contribution is 5.77. The first-order valence-electron chi connectivity index (χ1n) is 22.7. The monoisotopic (exact) mass is 768 g/mol. The highest BCUT2D eigenvalue weighted by atomic mass is 16.5. The number of unbranched alkanes of at least 4 members (excludes halogenated alkanes) is 16. The molecule has 316 valence electrons. The number of aliphatic hydroxyl groups excluding tert-OH is 2. The number of ether oxygens (including phenoxy) is 1. The van der Waals surface area contributed by atoms with Crippen molar-refractivity contribution in [3.8, 4) is 0 Å². The molecular formula is C49H85NO5. The summed E-state index contributed by atoms with van der Waals surface area (Å²) in [4.78, 5) is 25.9. The van der Waals surface area contributed by atoms with Crippen LogP contribution in [0.15, 0.2) is 72.9 Å². The third kappa shape index (κ3) is 38.0. The number of allylic oxidation sites excluding steroid dienone is 11. The Hall–Kier alpha value is -2.70. The minimum absolute atomic E-state index is 0.00668. The molecule has 0 fully saturated rings. The number of hydrogen-bond donors (Lipinski definition) is 3. The van der Waals surface area contributed by atoms with Crippen molar-refractivity contribution in [3.05, 3.63) is 72.9 Å². The van der Waals surface area contributed by atoms with Gasteiger partial charge in [-0.15, -0.1) is 0 Å². The Balaban J connectivity index is 4.78. The van der Waals surface area contributed by atoms with Gasteiger partial charge < -0.3 is 20.3 Å². The van der Waals surface area contributed by atoms with Crippen LogP contribution in [0.2, 0.25) is 0 Å². The molecule has 0 saturated carbocycles. The lowest BCUT2D eigenvalue weighted by atomic mass is 10.0. The van der Waals surface area contributed by atoms with E-state index in [0.717, 1.165) is 89.9 Å². The molecule has 0 heterocycles. The minimum Gasteiger partial charge on any atom is -0.461 e. The second-order valence-corrected chi connectivity index (χ2v) is 15.1. The van der Waals surface area contributed by atoms with Gasteiger partial charge in [0, 0.05) is 12.8 Å². The fourth-order valence-corrected chi connectivity index (χ4v) is 6.34.